The van der Waals surface area contributed by atoms with E-state index in [1.807, 2.05) is 0 Å². The first-order chi connectivity index (χ1) is 17.6. The Morgan fingerprint density at radius 1 is 0.892 bits per heavy atom. The number of hydrogen-bond acceptors (Lipinski definition) is 3. The molecule has 0 aromatic carbocycles. The molecule has 3 saturated carbocycles. The summed E-state index contributed by atoms with van der Waals surface area (Å²) in [6, 6.07) is 0. The number of unbranched alkanes of at least 4 members (excludes halogenated alkanes) is 7. The highest BCUT2D eigenvalue weighted by molar-refractivity contribution is 5.91. The molecule has 0 amide bonds. The molecule has 4 rings (SSSR count). The van der Waals surface area contributed by atoms with Crippen molar-refractivity contribution in [3.63, 3.8) is 0 Å². The fourth-order valence-corrected chi connectivity index (χ4v) is 9.46. The van der Waals surface area contributed by atoms with Gasteiger partial charge < -0.3 is 10.0 Å². The van der Waals surface area contributed by atoms with Gasteiger partial charge in [-0.3, -0.25) is 4.79 Å². The normalized spacial score (nSPS) is 39.3. The lowest BCUT2D eigenvalue weighted by atomic mass is 9.44. The Labute approximate surface area is 229 Å². The van der Waals surface area contributed by atoms with Crippen molar-refractivity contribution < 1.29 is 9.90 Å². The van der Waals surface area contributed by atoms with Crippen LogP contribution in [0, 0.1) is 34.5 Å². The highest BCUT2D eigenvalue weighted by Gasteiger charge is 2.64. The van der Waals surface area contributed by atoms with Crippen molar-refractivity contribution in [2.45, 2.75) is 142 Å². The summed E-state index contributed by atoms with van der Waals surface area (Å²) in [5, 5.41) is 11.4. The Morgan fingerprint density at radius 3 is 2.27 bits per heavy atom. The van der Waals surface area contributed by atoms with Crippen LogP contribution in [0.3, 0.4) is 0 Å². The van der Waals surface area contributed by atoms with E-state index >= 15 is 0 Å². The first-order valence-corrected chi connectivity index (χ1v) is 16.3. The number of fused-ring (bicyclic) bond motifs is 5. The van der Waals surface area contributed by atoms with E-state index < -0.39 is 5.60 Å². The number of ketones is 1. The van der Waals surface area contributed by atoms with Crippen LogP contribution in [0.25, 0.3) is 0 Å². The number of hydrogen-bond donors (Lipinski definition) is 1. The maximum Gasteiger partial charge on any atom is 0.155 e. The van der Waals surface area contributed by atoms with Gasteiger partial charge in [-0.25, -0.2) is 0 Å². The molecule has 0 saturated heterocycles. The summed E-state index contributed by atoms with van der Waals surface area (Å²) >= 11 is 0. The summed E-state index contributed by atoms with van der Waals surface area (Å²) in [6.07, 6.45) is 23.1. The molecule has 0 radical (unpaired) electrons. The number of nitrogens with zero attached hydrogens (tertiary/aromatic N) is 1. The van der Waals surface area contributed by atoms with Crippen LogP contribution in [0.2, 0.25) is 0 Å². The molecule has 0 heterocycles. The van der Waals surface area contributed by atoms with Crippen LogP contribution in [0.5, 0.6) is 0 Å². The average molecular weight is 514 g/mol. The molecule has 0 bridgehead atoms. The summed E-state index contributed by atoms with van der Waals surface area (Å²) < 4.78 is 0. The van der Waals surface area contributed by atoms with E-state index in [1.165, 1.54) is 95.7 Å². The lowest BCUT2D eigenvalue weighted by Gasteiger charge is -2.61. The van der Waals surface area contributed by atoms with Crippen LogP contribution in [-0.2, 0) is 4.79 Å². The van der Waals surface area contributed by atoms with Crippen molar-refractivity contribution in [3.8, 4) is 0 Å². The summed E-state index contributed by atoms with van der Waals surface area (Å²) in [4.78, 5) is 14.9. The highest BCUT2D eigenvalue weighted by Crippen LogP contribution is 2.69. The van der Waals surface area contributed by atoms with Gasteiger partial charge in [0.25, 0.3) is 0 Å². The molecule has 37 heavy (non-hydrogen) atoms. The predicted octanol–water partition coefficient (Wildman–Crippen LogP) is 8.35. The Kier molecular flexibility index (Phi) is 9.70. The minimum Gasteiger partial charge on any atom is -0.390 e. The minimum atomic E-state index is -0.516. The molecule has 0 aromatic heterocycles. The summed E-state index contributed by atoms with van der Waals surface area (Å²) in [5.41, 5.74) is 1.26. The molecule has 0 aromatic rings. The topological polar surface area (TPSA) is 40.5 Å². The van der Waals surface area contributed by atoms with Gasteiger partial charge in [0.1, 0.15) is 0 Å². The average Bonchev–Trinajstić information content (AvgIpc) is 3.11. The molecular weight excluding hydrogens is 454 g/mol. The number of carbonyl (C=O) groups is 1. The summed E-state index contributed by atoms with van der Waals surface area (Å²) in [6.45, 7) is 11.8. The maximum absolute atomic E-state index is 12.4. The van der Waals surface area contributed by atoms with Crippen molar-refractivity contribution in [2.24, 2.45) is 34.5 Å². The number of carbonyl (C=O) groups excluding carboxylic acids is 1. The largest absolute Gasteiger partial charge is 0.390 e. The smallest absolute Gasteiger partial charge is 0.155 e. The van der Waals surface area contributed by atoms with E-state index in [-0.39, 0.29) is 10.8 Å². The molecule has 3 fully saturated rings. The first kappa shape index (κ1) is 29.3. The van der Waals surface area contributed by atoms with E-state index in [1.54, 1.807) is 0 Å². The van der Waals surface area contributed by atoms with Crippen molar-refractivity contribution in [2.75, 3.05) is 20.1 Å². The van der Waals surface area contributed by atoms with Gasteiger partial charge >= 0.3 is 0 Å². The molecule has 1 N–H and O–H groups in total. The van der Waals surface area contributed by atoms with E-state index in [2.05, 4.69) is 45.7 Å². The zero-order chi connectivity index (χ0) is 26.7. The molecule has 0 unspecified atom stereocenters. The third-order valence-electron chi connectivity index (χ3n) is 12.2. The van der Waals surface area contributed by atoms with Crippen molar-refractivity contribution in [1.29, 1.82) is 0 Å². The van der Waals surface area contributed by atoms with Crippen LogP contribution in [0.4, 0.5) is 0 Å². The molecule has 3 heteroatoms. The number of allylic oxidation sites excluding steroid dienone is 1. The van der Waals surface area contributed by atoms with Gasteiger partial charge in [0.15, 0.2) is 5.78 Å². The van der Waals surface area contributed by atoms with Gasteiger partial charge in [0.05, 0.1) is 5.60 Å². The number of rotatable bonds is 13. The summed E-state index contributed by atoms with van der Waals surface area (Å²) in [5.74, 6) is 3.15. The fraction of sp³-hybridized carbons (Fsp3) is 0.912. The SMILES string of the molecule is CCCCN(C)CCCCCCCCC[C@@H]1CC2=CC(=O)CC[C@]2(C)[C@H]2CC[C@@]3(C)[C@@H](CC[C@]3(C)O)[C@H]12. The highest BCUT2D eigenvalue weighted by atomic mass is 16.3. The maximum atomic E-state index is 12.4. The third kappa shape index (κ3) is 6.08. The van der Waals surface area contributed by atoms with Crippen molar-refractivity contribution in [3.05, 3.63) is 11.6 Å². The molecule has 0 aliphatic heterocycles. The van der Waals surface area contributed by atoms with E-state index in [9.17, 15) is 9.90 Å². The Hall–Kier alpha value is -0.670. The molecule has 4 aliphatic carbocycles. The van der Waals surface area contributed by atoms with Crippen LogP contribution in [0.1, 0.15) is 137 Å². The predicted molar refractivity (Wildman–Crippen MR) is 156 cm³/mol. The zero-order valence-corrected chi connectivity index (χ0v) is 25.1. The van der Waals surface area contributed by atoms with Gasteiger partial charge in [0, 0.05) is 6.42 Å². The monoisotopic (exact) mass is 513 g/mol. The van der Waals surface area contributed by atoms with E-state index in [4.69, 9.17) is 0 Å². The molecule has 212 valence electrons. The minimum absolute atomic E-state index is 0.0685. The van der Waals surface area contributed by atoms with Gasteiger partial charge in [-0.1, -0.05) is 71.3 Å². The molecule has 0 spiro atoms. The molecular formula is C34H59NO2. The molecule has 4 aliphatic rings. The van der Waals surface area contributed by atoms with Crippen molar-refractivity contribution >= 4 is 5.78 Å². The Balaban J connectivity index is 1.30. The molecule has 3 nitrogen and oxygen atoms in total. The van der Waals surface area contributed by atoms with Crippen LogP contribution in [-0.4, -0.2) is 41.5 Å². The van der Waals surface area contributed by atoms with E-state index in [0.29, 0.717) is 23.5 Å². The second-order valence-electron chi connectivity index (χ2n) is 14.5. The second kappa shape index (κ2) is 12.2. The first-order valence-electron chi connectivity index (χ1n) is 16.3. The standard InChI is InChI=1S/C34H59NO2/c1-6-7-22-35(5)23-14-12-10-8-9-11-13-15-26-24-27-25-28(36)16-19-32(27,2)29-17-20-33(3)30(31(26)29)18-21-34(33,4)37/h25-26,29-31,37H,6-24H2,1-5H3/t26-,29+,30+,31-,32+,33+,34+/m1/s1. The lowest BCUT2D eigenvalue weighted by Crippen LogP contribution is -2.56. The van der Waals surface area contributed by atoms with Crippen LogP contribution in [0.15, 0.2) is 11.6 Å². The van der Waals surface area contributed by atoms with Crippen LogP contribution >= 0.6 is 0 Å². The quantitative estimate of drug-likeness (QED) is 0.252. The van der Waals surface area contributed by atoms with Gasteiger partial charge in [-0.2, -0.15) is 0 Å². The Morgan fingerprint density at radius 2 is 1.54 bits per heavy atom. The lowest BCUT2D eigenvalue weighted by molar-refractivity contribution is -0.135. The van der Waals surface area contributed by atoms with Gasteiger partial charge in [0.2, 0.25) is 0 Å². The Bertz CT molecular complexity index is 802. The van der Waals surface area contributed by atoms with E-state index in [0.717, 1.165) is 38.0 Å². The fourth-order valence-electron chi connectivity index (χ4n) is 9.46. The zero-order valence-electron chi connectivity index (χ0n) is 25.1. The van der Waals surface area contributed by atoms with Gasteiger partial charge in [-0.05, 0) is 125 Å². The van der Waals surface area contributed by atoms with Crippen molar-refractivity contribution in [1.82, 2.24) is 4.90 Å². The third-order valence-corrected chi connectivity index (χ3v) is 12.2. The van der Waals surface area contributed by atoms with Crippen LogP contribution < -0.4 is 0 Å². The molecule has 7 atom stereocenters. The number of aliphatic hydroxyl groups is 1. The summed E-state index contributed by atoms with van der Waals surface area (Å²) in [7, 11) is 2.27. The van der Waals surface area contributed by atoms with Gasteiger partial charge in [-0.15, -0.1) is 0 Å². The second-order valence-corrected chi connectivity index (χ2v) is 14.5.